The predicted molar refractivity (Wildman–Crippen MR) is 118 cm³/mol. The Morgan fingerprint density at radius 1 is 1.16 bits per heavy atom. The normalized spacial score (nSPS) is 12.0. The Labute approximate surface area is 181 Å². The summed E-state index contributed by atoms with van der Waals surface area (Å²) in [5.41, 5.74) is 6.27. The molecule has 0 saturated carbocycles. The number of carbonyl (C=O) groups is 2. The highest BCUT2D eigenvalue weighted by molar-refractivity contribution is 5.96. The molecular formula is C23H28N4O4. The highest BCUT2D eigenvalue weighted by atomic mass is 16.5. The second-order valence-corrected chi connectivity index (χ2v) is 7.76. The highest BCUT2D eigenvalue weighted by Crippen LogP contribution is 2.25. The lowest BCUT2D eigenvalue weighted by Gasteiger charge is -2.08. The monoisotopic (exact) mass is 424 g/mol. The molecule has 0 spiro atoms. The molecule has 3 aromatic rings. The molecule has 1 aromatic carbocycles. The van der Waals surface area contributed by atoms with Crippen LogP contribution in [0.4, 0.5) is 5.69 Å². The van der Waals surface area contributed by atoms with Crippen LogP contribution in [-0.2, 0) is 9.53 Å². The van der Waals surface area contributed by atoms with Crippen LogP contribution in [0, 0.1) is 34.6 Å². The van der Waals surface area contributed by atoms with E-state index >= 15 is 0 Å². The number of hydrogen-bond donors (Lipinski definition) is 3. The van der Waals surface area contributed by atoms with E-state index in [-0.39, 0.29) is 5.69 Å². The molecular weight excluding hydrogens is 396 g/mol. The molecule has 0 saturated heterocycles. The van der Waals surface area contributed by atoms with Crippen LogP contribution in [-0.4, -0.2) is 38.4 Å². The topological polar surface area (TPSA) is 109 Å². The molecule has 0 bridgehead atoms. The second-order valence-electron chi connectivity index (χ2n) is 7.76. The van der Waals surface area contributed by atoms with Crippen molar-refractivity contribution in [3.05, 3.63) is 63.7 Å². The first-order valence-corrected chi connectivity index (χ1v) is 10.1. The van der Waals surface area contributed by atoms with Crippen LogP contribution in [0.1, 0.15) is 57.3 Å². The number of ether oxygens (including phenoxy) is 1. The zero-order chi connectivity index (χ0) is 22.9. The maximum atomic E-state index is 12.4. The number of esters is 1. The van der Waals surface area contributed by atoms with Crippen molar-refractivity contribution in [3.8, 4) is 5.69 Å². The second kappa shape index (κ2) is 8.77. The van der Waals surface area contributed by atoms with Gasteiger partial charge in [-0.2, -0.15) is 5.10 Å². The zero-order valence-corrected chi connectivity index (χ0v) is 18.7. The third-order valence-electron chi connectivity index (χ3n) is 5.29. The number of nitrogens with one attached hydrogen (secondary N) is 2. The van der Waals surface area contributed by atoms with Gasteiger partial charge in [0.2, 0.25) is 0 Å². The SMILES string of the molecule is Cc1ccc(-n2nc(C)c(NC(=O)COC(=O)c3[nH]c(C)c([C@@H](C)O)c3C)c2C)cc1. The van der Waals surface area contributed by atoms with Crippen molar-refractivity contribution in [2.75, 3.05) is 11.9 Å². The van der Waals surface area contributed by atoms with Crippen molar-refractivity contribution in [2.45, 2.75) is 47.6 Å². The van der Waals surface area contributed by atoms with E-state index in [1.165, 1.54) is 0 Å². The Bertz CT molecular complexity index is 1120. The van der Waals surface area contributed by atoms with Crippen molar-refractivity contribution in [3.63, 3.8) is 0 Å². The summed E-state index contributed by atoms with van der Waals surface area (Å²) in [7, 11) is 0. The molecule has 2 aromatic heterocycles. The van der Waals surface area contributed by atoms with E-state index in [2.05, 4.69) is 15.4 Å². The minimum Gasteiger partial charge on any atom is -0.451 e. The fourth-order valence-electron chi connectivity index (χ4n) is 3.74. The van der Waals surface area contributed by atoms with Crippen molar-refractivity contribution < 1.29 is 19.4 Å². The first-order valence-electron chi connectivity index (χ1n) is 10.1. The molecule has 0 aliphatic carbocycles. The molecule has 31 heavy (non-hydrogen) atoms. The van der Waals surface area contributed by atoms with Gasteiger partial charge in [0.05, 0.1) is 28.9 Å². The number of hydrogen-bond acceptors (Lipinski definition) is 5. The quantitative estimate of drug-likeness (QED) is 0.524. The molecule has 0 fully saturated rings. The predicted octanol–water partition coefficient (Wildman–Crippen LogP) is 3.59. The highest BCUT2D eigenvalue weighted by Gasteiger charge is 2.22. The van der Waals surface area contributed by atoms with Crippen molar-refractivity contribution in [1.29, 1.82) is 0 Å². The molecule has 8 nitrogen and oxygen atoms in total. The minimum absolute atomic E-state index is 0.237. The van der Waals surface area contributed by atoms with Gasteiger partial charge in [-0.3, -0.25) is 4.79 Å². The summed E-state index contributed by atoms with van der Waals surface area (Å²) in [5.74, 6) is -1.11. The van der Waals surface area contributed by atoms with E-state index in [0.29, 0.717) is 28.2 Å². The maximum Gasteiger partial charge on any atom is 0.355 e. The van der Waals surface area contributed by atoms with Crippen molar-refractivity contribution in [1.82, 2.24) is 14.8 Å². The molecule has 2 heterocycles. The van der Waals surface area contributed by atoms with E-state index in [1.54, 1.807) is 25.5 Å². The van der Waals surface area contributed by atoms with Crippen LogP contribution in [0.2, 0.25) is 0 Å². The average Bonchev–Trinajstić information content (AvgIpc) is 3.16. The van der Waals surface area contributed by atoms with Gasteiger partial charge in [0.1, 0.15) is 5.69 Å². The molecule has 0 radical (unpaired) electrons. The number of aromatic nitrogens is 3. The van der Waals surface area contributed by atoms with Gasteiger partial charge in [0.15, 0.2) is 6.61 Å². The Kier molecular flexibility index (Phi) is 6.31. The number of aliphatic hydroxyl groups excluding tert-OH is 1. The smallest absolute Gasteiger partial charge is 0.355 e. The van der Waals surface area contributed by atoms with E-state index in [9.17, 15) is 14.7 Å². The number of anilines is 1. The Morgan fingerprint density at radius 3 is 2.39 bits per heavy atom. The summed E-state index contributed by atoms with van der Waals surface area (Å²) in [5, 5.41) is 17.2. The van der Waals surface area contributed by atoms with E-state index in [0.717, 1.165) is 16.9 Å². The molecule has 3 rings (SSSR count). The number of amides is 1. The van der Waals surface area contributed by atoms with Crippen LogP contribution >= 0.6 is 0 Å². The lowest BCUT2D eigenvalue weighted by atomic mass is 10.1. The largest absolute Gasteiger partial charge is 0.451 e. The van der Waals surface area contributed by atoms with E-state index in [4.69, 9.17) is 4.74 Å². The van der Waals surface area contributed by atoms with Crippen LogP contribution in [0.15, 0.2) is 24.3 Å². The number of aryl methyl sites for hydroxylation is 3. The fraction of sp³-hybridized carbons (Fsp3) is 0.348. The summed E-state index contributed by atoms with van der Waals surface area (Å²) in [6, 6.07) is 7.92. The van der Waals surface area contributed by atoms with Gasteiger partial charge in [0.25, 0.3) is 5.91 Å². The summed E-state index contributed by atoms with van der Waals surface area (Å²) >= 11 is 0. The standard InChI is InChI=1S/C23H28N4O4/c1-12-7-9-18(10-8-12)27-16(5)22(15(4)26-27)25-19(29)11-31-23(30)21-13(2)20(17(6)28)14(3)24-21/h7-10,17,24,28H,11H2,1-6H3,(H,25,29)/t17-/m1/s1. The van der Waals surface area contributed by atoms with Gasteiger partial charge in [-0.25, -0.2) is 9.48 Å². The first kappa shape index (κ1) is 22.3. The number of H-pyrrole nitrogens is 1. The fourth-order valence-corrected chi connectivity index (χ4v) is 3.74. The molecule has 0 unspecified atom stereocenters. The molecule has 164 valence electrons. The van der Waals surface area contributed by atoms with Gasteiger partial charge in [-0.15, -0.1) is 0 Å². The molecule has 8 heteroatoms. The van der Waals surface area contributed by atoms with Crippen LogP contribution in [0.5, 0.6) is 0 Å². The summed E-state index contributed by atoms with van der Waals surface area (Å²) in [6.07, 6.45) is -0.711. The molecule has 1 atom stereocenters. The summed E-state index contributed by atoms with van der Waals surface area (Å²) in [6.45, 7) is 10.4. The van der Waals surface area contributed by atoms with E-state index < -0.39 is 24.6 Å². The van der Waals surface area contributed by atoms with E-state index in [1.807, 2.05) is 45.0 Å². The number of nitrogens with zero attached hydrogens (tertiary/aromatic N) is 2. The lowest BCUT2D eigenvalue weighted by molar-refractivity contribution is -0.119. The number of carbonyl (C=O) groups excluding carboxylic acids is 2. The van der Waals surface area contributed by atoms with Gasteiger partial charge < -0.3 is 20.1 Å². The Morgan fingerprint density at radius 2 is 1.81 bits per heavy atom. The summed E-state index contributed by atoms with van der Waals surface area (Å²) < 4.78 is 6.95. The van der Waals surface area contributed by atoms with Crippen LogP contribution < -0.4 is 5.32 Å². The molecule has 0 aliphatic heterocycles. The Hall–Kier alpha value is -3.39. The first-order chi connectivity index (χ1) is 14.6. The van der Waals surface area contributed by atoms with Crippen molar-refractivity contribution in [2.24, 2.45) is 0 Å². The van der Waals surface area contributed by atoms with Crippen LogP contribution in [0.25, 0.3) is 5.69 Å². The number of rotatable bonds is 6. The average molecular weight is 425 g/mol. The summed E-state index contributed by atoms with van der Waals surface area (Å²) in [4.78, 5) is 27.8. The van der Waals surface area contributed by atoms with Gasteiger partial charge in [0, 0.05) is 11.3 Å². The maximum absolute atomic E-state index is 12.4. The zero-order valence-electron chi connectivity index (χ0n) is 18.7. The molecule has 0 aliphatic rings. The minimum atomic E-state index is -0.711. The van der Waals surface area contributed by atoms with Crippen molar-refractivity contribution >= 4 is 17.6 Å². The molecule has 3 N–H and O–H groups in total. The third kappa shape index (κ3) is 4.54. The third-order valence-corrected chi connectivity index (χ3v) is 5.29. The van der Waals surface area contributed by atoms with Gasteiger partial charge in [-0.05, 0) is 59.2 Å². The van der Waals surface area contributed by atoms with Crippen LogP contribution in [0.3, 0.4) is 0 Å². The number of benzene rings is 1. The number of aromatic amines is 1. The molecule has 1 amide bonds. The lowest BCUT2D eigenvalue weighted by Crippen LogP contribution is -2.22. The van der Waals surface area contributed by atoms with Gasteiger partial charge in [-0.1, -0.05) is 17.7 Å². The number of aliphatic hydroxyl groups is 1. The van der Waals surface area contributed by atoms with Gasteiger partial charge >= 0.3 is 5.97 Å². The Balaban J connectivity index is 1.69.